The van der Waals surface area contributed by atoms with Crippen LogP contribution in [0.15, 0.2) is 18.2 Å². The fourth-order valence-corrected chi connectivity index (χ4v) is 1.93. The molecule has 0 saturated carbocycles. The molecule has 0 radical (unpaired) electrons. The third kappa shape index (κ3) is 5.17. The van der Waals surface area contributed by atoms with E-state index in [1.54, 1.807) is 20.1 Å². The Kier molecular flexibility index (Phi) is 6.25. The number of ether oxygens (including phenoxy) is 2. The van der Waals surface area contributed by atoms with Crippen molar-refractivity contribution in [3.8, 4) is 5.75 Å². The summed E-state index contributed by atoms with van der Waals surface area (Å²) >= 11 is 0. The number of hydrogen-bond acceptors (Lipinski definition) is 3. The Balaban J connectivity index is 2.97. The van der Waals surface area contributed by atoms with Crippen LogP contribution in [0.1, 0.15) is 38.9 Å². The molecule has 2 atom stereocenters. The summed E-state index contributed by atoms with van der Waals surface area (Å²) in [7, 11) is 1.55. The Hall–Kier alpha value is -1.13. The van der Waals surface area contributed by atoms with Gasteiger partial charge in [0, 0.05) is 5.56 Å². The molecular formula is C15H23FO3. The fraction of sp³-hybridized carbons (Fsp3) is 0.600. The molecule has 1 aromatic carbocycles. The van der Waals surface area contributed by atoms with Crippen molar-refractivity contribution in [2.45, 2.75) is 39.4 Å². The lowest BCUT2D eigenvalue weighted by Gasteiger charge is -2.23. The van der Waals surface area contributed by atoms with E-state index in [9.17, 15) is 9.50 Å². The molecule has 108 valence electrons. The minimum Gasteiger partial charge on any atom is -0.496 e. The number of rotatable bonds is 7. The quantitative estimate of drug-likeness (QED) is 0.826. The van der Waals surface area contributed by atoms with Gasteiger partial charge in [-0.15, -0.1) is 0 Å². The number of benzene rings is 1. The van der Waals surface area contributed by atoms with Crippen LogP contribution in [0.4, 0.5) is 4.39 Å². The van der Waals surface area contributed by atoms with Crippen LogP contribution >= 0.6 is 0 Å². The van der Waals surface area contributed by atoms with Crippen molar-refractivity contribution in [1.29, 1.82) is 0 Å². The van der Waals surface area contributed by atoms with Gasteiger partial charge in [-0.2, -0.15) is 0 Å². The van der Waals surface area contributed by atoms with Crippen LogP contribution in [0.5, 0.6) is 5.75 Å². The van der Waals surface area contributed by atoms with Crippen molar-refractivity contribution in [3.05, 3.63) is 29.6 Å². The smallest absolute Gasteiger partial charge is 0.124 e. The molecule has 0 aromatic heterocycles. The van der Waals surface area contributed by atoms with E-state index in [4.69, 9.17) is 9.47 Å². The molecule has 0 aliphatic carbocycles. The first-order valence-corrected chi connectivity index (χ1v) is 6.57. The minimum atomic E-state index is -0.547. The summed E-state index contributed by atoms with van der Waals surface area (Å²) in [5.74, 6) is 0.690. The molecule has 0 saturated heterocycles. The van der Waals surface area contributed by atoms with Gasteiger partial charge in [-0.1, -0.05) is 13.8 Å². The van der Waals surface area contributed by atoms with Gasteiger partial charge in [-0.05, 0) is 37.5 Å². The third-order valence-corrected chi connectivity index (χ3v) is 2.76. The first-order chi connectivity index (χ1) is 8.93. The van der Waals surface area contributed by atoms with Crippen LogP contribution in [0, 0.1) is 11.7 Å². The normalized spacial score (nSPS) is 14.5. The molecule has 0 aliphatic heterocycles. The summed E-state index contributed by atoms with van der Waals surface area (Å²) in [6.07, 6.45) is -0.0820. The highest BCUT2D eigenvalue weighted by Crippen LogP contribution is 2.33. The van der Waals surface area contributed by atoms with Crippen molar-refractivity contribution in [2.75, 3.05) is 13.7 Å². The molecule has 0 heterocycles. The Morgan fingerprint density at radius 3 is 2.47 bits per heavy atom. The molecule has 0 unspecified atom stereocenters. The number of methoxy groups -OCH3 is 1. The molecule has 1 aromatic rings. The molecule has 0 spiro atoms. The fourth-order valence-electron chi connectivity index (χ4n) is 1.93. The van der Waals surface area contributed by atoms with E-state index in [1.807, 2.05) is 0 Å². The van der Waals surface area contributed by atoms with Gasteiger partial charge in [0.25, 0.3) is 0 Å². The summed E-state index contributed by atoms with van der Waals surface area (Å²) in [5.41, 5.74) is 0.692. The molecular weight excluding hydrogens is 247 g/mol. The zero-order chi connectivity index (χ0) is 14.4. The zero-order valence-corrected chi connectivity index (χ0v) is 12.0. The highest BCUT2D eigenvalue weighted by atomic mass is 19.1. The summed E-state index contributed by atoms with van der Waals surface area (Å²) in [6.45, 7) is 6.03. The largest absolute Gasteiger partial charge is 0.496 e. The Bertz CT molecular complexity index is 391. The van der Waals surface area contributed by atoms with E-state index >= 15 is 0 Å². The maximum absolute atomic E-state index is 13.4. The summed E-state index contributed by atoms with van der Waals surface area (Å²) in [6, 6.07) is 4.40. The molecule has 0 amide bonds. The van der Waals surface area contributed by atoms with Crippen LogP contribution in [-0.2, 0) is 4.74 Å². The molecule has 1 N–H and O–H groups in total. The predicted molar refractivity (Wildman–Crippen MR) is 72.8 cm³/mol. The number of hydrogen-bond donors (Lipinski definition) is 1. The van der Waals surface area contributed by atoms with Crippen LogP contribution in [0.3, 0.4) is 0 Å². The van der Waals surface area contributed by atoms with Gasteiger partial charge in [0.15, 0.2) is 0 Å². The number of aliphatic hydroxyl groups excluding tert-OH is 1. The molecule has 0 bridgehead atoms. The highest BCUT2D eigenvalue weighted by molar-refractivity contribution is 5.35. The van der Waals surface area contributed by atoms with Gasteiger partial charge in [-0.25, -0.2) is 4.39 Å². The summed E-state index contributed by atoms with van der Waals surface area (Å²) in [5, 5.41) is 9.33. The van der Waals surface area contributed by atoms with Gasteiger partial charge in [0.1, 0.15) is 11.6 Å². The molecule has 19 heavy (non-hydrogen) atoms. The lowest BCUT2D eigenvalue weighted by atomic mass is 9.98. The van der Waals surface area contributed by atoms with Crippen molar-refractivity contribution >= 4 is 0 Å². The Morgan fingerprint density at radius 1 is 1.26 bits per heavy atom. The first kappa shape index (κ1) is 15.9. The monoisotopic (exact) mass is 270 g/mol. The van der Waals surface area contributed by atoms with Crippen LogP contribution in [0.2, 0.25) is 0 Å². The van der Waals surface area contributed by atoms with E-state index < -0.39 is 6.10 Å². The topological polar surface area (TPSA) is 38.7 Å². The highest BCUT2D eigenvalue weighted by Gasteiger charge is 2.19. The third-order valence-electron chi connectivity index (χ3n) is 2.76. The second kappa shape index (κ2) is 7.46. The molecule has 4 heteroatoms. The van der Waals surface area contributed by atoms with Crippen molar-refractivity contribution in [3.63, 3.8) is 0 Å². The van der Waals surface area contributed by atoms with Crippen molar-refractivity contribution in [2.24, 2.45) is 5.92 Å². The second-order valence-electron chi connectivity index (χ2n) is 5.19. The predicted octanol–water partition coefficient (Wildman–Crippen LogP) is 3.32. The van der Waals surface area contributed by atoms with Gasteiger partial charge in [0.05, 0.1) is 25.9 Å². The zero-order valence-electron chi connectivity index (χ0n) is 12.0. The van der Waals surface area contributed by atoms with Crippen LogP contribution < -0.4 is 4.74 Å². The minimum absolute atomic E-state index is 0.219. The molecule has 3 nitrogen and oxygen atoms in total. The Morgan fingerprint density at radius 2 is 1.95 bits per heavy atom. The average Bonchev–Trinajstić information content (AvgIpc) is 2.33. The van der Waals surface area contributed by atoms with Crippen LogP contribution in [-0.4, -0.2) is 24.9 Å². The summed E-state index contributed by atoms with van der Waals surface area (Å²) in [4.78, 5) is 0. The lowest BCUT2D eigenvalue weighted by Crippen LogP contribution is -2.16. The Labute approximate surface area is 114 Å². The number of aliphatic hydroxyl groups is 1. The van der Waals surface area contributed by atoms with E-state index in [2.05, 4.69) is 13.8 Å². The standard InChI is InChI=1S/C15H23FO3/c1-10(2)7-15(19-9-11(3)17)13-8-12(16)5-6-14(13)18-4/h5-6,8,10-11,15,17H,7,9H2,1-4H3/t11-,15+/m1/s1. The molecule has 0 fully saturated rings. The van der Waals surface area contributed by atoms with E-state index in [0.717, 1.165) is 6.42 Å². The summed E-state index contributed by atoms with van der Waals surface area (Å²) < 4.78 is 24.4. The lowest BCUT2D eigenvalue weighted by molar-refractivity contribution is -0.0136. The van der Waals surface area contributed by atoms with Crippen molar-refractivity contribution in [1.82, 2.24) is 0 Å². The van der Waals surface area contributed by atoms with Gasteiger partial charge in [-0.3, -0.25) is 0 Å². The second-order valence-corrected chi connectivity index (χ2v) is 5.19. The SMILES string of the molecule is COc1ccc(F)cc1[C@H](CC(C)C)OC[C@@H](C)O. The molecule has 0 aliphatic rings. The van der Waals surface area contributed by atoms with Gasteiger partial charge < -0.3 is 14.6 Å². The van der Waals surface area contributed by atoms with Crippen molar-refractivity contribution < 1.29 is 19.0 Å². The maximum atomic E-state index is 13.4. The first-order valence-electron chi connectivity index (χ1n) is 6.57. The number of halogens is 1. The van der Waals surface area contributed by atoms with E-state index in [0.29, 0.717) is 17.2 Å². The molecule has 1 rings (SSSR count). The average molecular weight is 270 g/mol. The van der Waals surface area contributed by atoms with E-state index in [-0.39, 0.29) is 18.5 Å². The van der Waals surface area contributed by atoms with E-state index in [1.165, 1.54) is 12.1 Å². The van der Waals surface area contributed by atoms with Gasteiger partial charge in [0.2, 0.25) is 0 Å². The van der Waals surface area contributed by atoms with Gasteiger partial charge >= 0.3 is 0 Å². The maximum Gasteiger partial charge on any atom is 0.124 e. The van der Waals surface area contributed by atoms with Crippen LogP contribution in [0.25, 0.3) is 0 Å².